The number of primary amides is 1. The Bertz CT molecular complexity index is 1730. The zero-order valence-corrected chi connectivity index (χ0v) is 24.3. The van der Waals surface area contributed by atoms with E-state index in [1.54, 1.807) is 17.0 Å². The molecule has 1 amide bonds. The average Bonchev–Trinajstić information content (AvgIpc) is 2.94. The maximum absolute atomic E-state index is 13.9. The fraction of sp³-hybridized carbons (Fsp3) is 0.276. The van der Waals surface area contributed by atoms with Gasteiger partial charge in [-0.2, -0.15) is 26.3 Å². The first-order chi connectivity index (χ1) is 20.6. The molecule has 0 radical (unpaired) electrons. The lowest BCUT2D eigenvalue weighted by Gasteiger charge is -2.49. The summed E-state index contributed by atoms with van der Waals surface area (Å²) in [7, 11) is -4.56. The number of halogens is 7. The van der Waals surface area contributed by atoms with Gasteiger partial charge in [-0.1, -0.05) is 42.0 Å². The van der Waals surface area contributed by atoms with Crippen LogP contribution in [0.3, 0.4) is 0 Å². The number of carbonyl (C=O) groups is 1. The van der Waals surface area contributed by atoms with Gasteiger partial charge >= 0.3 is 12.4 Å². The molecular formula is C29H25ClF6N4O3S. The van der Waals surface area contributed by atoms with Gasteiger partial charge in [0, 0.05) is 30.2 Å². The molecule has 0 spiro atoms. The molecule has 3 aromatic rings. The van der Waals surface area contributed by atoms with Crippen LogP contribution in [-0.4, -0.2) is 58.0 Å². The van der Waals surface area contributed by atoms with Crippen LogP contribution in [0.5, 0.6) is 0 Å². The molecule has 0 aliphatic carbocycles. The van der Waals surface area contributed by atoms with Crippen molar-refractivity contribution in [2.75, 3.05) is 41.9 Å². The summed E-state index contributed by atoms with van der Waals surface area (Å²) in [5, 5.41) is -0.139. The van der Waals surface area contributed by atoms with Crippen LogP contribution in [0.4, 0.5) is 37.7 Å². The number of alkyl halides is 6. The van der Waals surface area contributed by atoms with Gasteiger partial charge in [-0.15, -0.1) is 0 Å². The lowest BCUT2D eigenvalue weighted by atomic mass is 10.0. The SMILES string of the molecule is NC(=O)CN1CCN2c3ccc(/C=C/c4c(Cl)cccc4C(F)(F)F)cc3N(S(=O)(=O)c3cccc(C(F)(F)F)c3)C[C@@H]2C1. The van der Waals surface area contributed by atoms with Gasteiger partial charge in [0.05, 0.1) is 46.5 Å². The second kappa shape index (κ2) is 11.6. The van der Waals surface area contributed by atoms with E-state index in [1.807, 2.05) is 4.90 Å². The molecule has 0 unspecified atom stereocenters. The van der Waals surface area contributed by atoms with E-state index < -0.39 is 50.3 Å². The number of hydrogen-bond donors (Lipinski definition) is 1. The molecule has 1 atom stereocenters. The van der Waals surface area contributed by atoms with Crippen molar-refractivity contribution < 1.29 is 39.6 Å². The number of amides is 1. The van der Waals surface area contributed by atoms with Crippen LogP contribution in [0, 0.1) is 0 Å². The van der Waals surface area contributed by atoms with Crippen LogP contribution >= 0.6 is 11.6 Å². The van der Waals surface area contributed by atoms with Crippen molar-refractivity contribution >= 4 is 51.1 Å². The highest BCUT2D eigenvalue weighted by molar-refractivity contribution is 7.92. The van der Waals surface area contributed by atoms with Gasteiger partial charge < -0.3 is 10.6 Å². The first-order valence-corrected chi connectivity index (χ1v) is 15.0. The number of anilines is 2. The van der Waals surface area contributed by atoms with Crippen molar-refractivity contribution in [1.82, 2.24) is 4.90 Å². The first-order valence-electron chi connectivity index (χ1n) is 13.2. The summed E-state index contributed by atoms with van der Waals surface area (Å²) in [6.07, 6.45) is -6.94. The van der Waals surface area contributed by atoms with Crippen LogP contribution in [0.1, 0.15) is 22.3 Å². The van der Waals surface area contributed by atoms with E-state index in [9.17, 15) is 39.6 Å². The van der Waals surface area contributed by atoms with E-state index in [-0.39, 0.29) is 35.9 Å². The summed E-state index contributed by atoms with van der Waals surface area (Å²) in [5.74, 6) is -0.563. The van der Waals surface area contributed by atoms with E-state index in [2.05, 4.69) is 0 Å². The maximum atomic E-state index is 13.9. The van der Waals surface area contributed by atoms with Gasteiger partial charge in [-0.3, -0.25) is 14.0 Å². The highest BCUT2D eigenvalue weighted by Crippen LogP contribution is 2.42. The molecule has 2 aliphatic rings. The van der Waals surface area contributed by atoms with E-state index >= 15 is 0 Å². The number of hydrogen-bond acceptors (Lipinski definition) is 5. The summed E-state index contributed by atoms with van der Waals surface area (Å²) in [4.78, 5) is 14.7. The van der Waals surface area contributed by atoms with Crippen LogP contribution in [0.15, 0.2) is 65.6 Å². The molecular weight excluding hydrogens is 634 g/mol. The molecule has 1 saturated heterocycles. The molecule has 15 heteroatoms. The topological polar surface area (TPSA) is 87.0 Å². The number of nitrogens with two attached hydrogens (primary N) is 1. The minimum Gasteiger partial charge on any atom is -0.369 e. The van der Waals surface area contributed by atoms with E-state index in [0.717, 1.165) is 28.6 Å². The van der Waals surface area contributed by atoms with Gasteiger partial charge in [-0.25, -0.2) is 8.42 Å². The lowest BCUT2D eigenvalue weighted by molar-refractivity contribution is -0.138. The summed E-state index contributed by atoms with van der Waals surface area (Å²) in [6, 6.07) is 10.9. The zero-order chi connectivity index (χ0) is 32.0. The van der Waals surface area contributed by atoms with Crippen molar-refractivity contribution in [3.8, 4) is 0 Å². The van der Waals surface area contributed by atoms with Gasteiger partial charge in [-0.05, 0) is 48.0 Å². The van der Waals surface area contributed by atoms with Crippen molar-refractivity contribution in [1.29, 1.82) is 0 Å². The molecule has 2 aliphatic heterocycles. The predicted octanol–water partition coefficient (Wildman–Crippen LogP) is 5.73. The summed E-state index contributed by atoms with van der Waals surface area (Å²) >= 11 is 6.07. The Morgan fingerprint density at radius 1 is 0.909 bits per heavy atom. The third kappa shape index (κ3) is 6.37. The fourth-order valence-electron chi connectivity index (χ4n) is 5.45. The molecule has 234 valence electrons. The van der Waals surface area contributed by atoms with Crippen molar-refractivity contribution in [3.63, 3.8) is 0 Å². The first kappa shape index (κ1) is 31.7. The summed E-state index contributed by atoms with van der Waals surface area (Å²) in [6.45, 7) is 0.866. The Balaban J connectivity index is 1.59. The quantitative estimate of drug-likeness (QED) is 0.270. The number of carbonyl (C=O) groups excluding carboxylic acids is 1. The minimum absolute atomic E-state index is 0.0523. The number of piperazine rings is 1. The molecule has 3 aromatic carbocycles. The fourth-order valence-corrected chi connectivity index (χ4v) is 7.25. The number of rotatable bonds is 6. The third-order valence-corrected chi connectivity index (χ3v) is 9.56. The number of benzene rings is 3. The molecule has 7 nitrogen and oxygen atoms in total. The van der Waals surface area contributed by atoms with Crippen molar-refractivity contribution in [2.45, 2.75) is 23.3 Å². The Morgan fingerprint density at radius 3 is 2.32 bits per heavy atom. The predicted molar refractivity (Wildman–Crippen MR) is 155 cm³/mol. The molecule has 0 bridgehead atoms. The maximum Gasteiger partial charge on any atom is 0.417 e. The van der Waals surface area contributed by atoms with Gasteiger partial charge in [0.25, 0.3) is 10.0 Å². The summed E-state index contributed by atoms with van der Waals surface area (Å²) < 4.78 is 110. The monoisotopic (exact) mass is 658 g/mol. The number of fused-ring (bicyclic) bond motifs is 3. The molecule has 0 saturated carbocycles. The standard InChI is InChI=1S/C29H25ClF6N4O3S/c30-24-6-2-5-23(29(34,35)36)22(24)9-7-18-8-10-25-26(13-18)40(16-20-15-38(17-27(37)41)11-12-39(20)25)44(42,43)21-4-1-3-19(14-21)28(31,32)33/h1-10,13-14,20H,11-12,15-17H2,(H2,37,41)/b9-7+/t20-/m0/s1. The average molecular weight is 659 g/mol. The van der Waals surface area contributed by atoms with Crippen LogP contribution in [0.2, 0.25) is 5.02 Å². The Hall–Kier alpha value is -3.75. The second-order valence-corrected chi connectivity index (χ2v) is 12.7. The normalized spacial score (nSPS) is 17.9. The number of sulfonamides is 1. The second-order valence-electron chi connectivity index (χ2n) is 10.4. The number of nitrogens with zero attached hydrogens (tertiary/aromatic N) is 3. The molecule has 1 fully saturated rings. The molecule has 2 heterocycles. The van der Waals surface area contributed by atoms with E-state index in [4.69, 9.17) is 17.3 Å². The smallest absolute Gasteiger partial charge is 0.369 e. The van der Waals surface area contributed by atoms with Crippen molar-refractivity contribution in [2.24, 2.45) is 5.73 Å². The minimum atomic E-state index is -4.79. The van der Waals surface area contributed by atoms with E-state index in [0.29, 0.717) is 30.4 Å². The lowest BCUT2D eigenvalue weighted by Crippen LogP contribution is -2.61. The molecule has 2 N–H and O–H groups in total. The largest absolute Gasteiger partial charge is 0.417 e. The highest BCUT2D eigenvalue weighted by atomic mass is 35.5. The Morgan fingerprint density at radius 2 is 1.64 bits per heavy atom. The Labute approximate surface area is 254 Å². The summed E-state index contributed by atoms with van der Waals surface area (Å²) in [5.41, 5.74) is 3.90. The van der Waals surface area contributed by atoms with Crippen LogP contribution < -0.4 is 14.9 Å². The zero-order valence-electron chi connectivity index (χ0n) is 22.7. The highest BCUT2D eigenvalue weighted by Gasteiger charge is 2.41. The van der Waals surface area contributed by atoms with Gasteiger partial charge in [0.1, 0.15) is 0 Å². The Kier molecular flexibility index (Phi) is 8.37. The van der Waals surface area contributed by atoms with E-state index in [1.165, 1.54) is 30.4 Å². The van der Waals surface area contributed by atoms with Crippen LogP contribution in [-0.2, 0) is 27.2 Å². The van der Waals surface area contributed by atoms with Crippen LogP contribution in [0.25, 0.3) is 12.2 Å². The van der Waals surface area contributed by atoms with Gasteiger partial charge in [0.2, 0.25) is 5.91 Å². The molecule has 5 rings (SSSR count). The molecule has 44 heavy (non-hydrogen) atoms. The third-order valence-electron chi connectivity index (χ3n) is 7.45. The van der Waals surface area contributed by atoms with Crippen molar-refractivity contribution in [3.05, 3.63) is 87.9 Å². The molecule has 0 aromatic heterocycles. The van der Waals surface area contributed by atoms with Gasteiger partial charge in [0.15, 0.2) is 0 Å².